The number of aliphatic hydroxyl groups is 2. The fraction of sp³-hybridized carbons (Fsp3) is 0.833. The van der Waals surface area contributed by atoms with E-state index in [0.717, 1.165) is 5.57 Å². The summed E-state index contributed by atoms with van der Waals surface area (Å²) in [5.74, 6) is -1.85. The lowest BCUT2D eigenvalue weighted by atomic mass is 9.44. The topological polar surface area (TPSA) is 96.4 Å². The van der Waals surface area contributed by atoms with Crippen molar-refractivity contribution in [2.75, 3.05) is 19.1 Å². The van der Waals surface area contributed by atoms with Crippen molar-refractivity contribution < 1.29 is 33.7 Å². The number of halogens is 2. The minimum atomic E-state index is -1.94. The largest absolute Gasteiger partial charge is 0.390 e. The van der Waals surface area contributed by atoms with E-state index in [0.29, 0.717) is 32.3 Å². The van der Waals surface area contributed by atoms with Crippen LogP contribution in [0.4, 0.5) is 4.39 Å². The molecule has 5 rings (SSSR count). The number of ketones is 2. The zero-order valence-corrected chi connectivity index (χ0v) is 19.4. The number of carbonyl (C=O) groups is 2. The van der Waals surface area contributed by atoms with E-state index < -0.39 is 46.0 Å². The van der Waals surface area contributed by atoms with Gasteiger partial charge in [-0.25, -0.2) is 4.39 Å². The summed E-state index contributed by atoms with van der Waals surface area (Å²) in [5.41, 5.74) is -5.09. The molecule has 6 nitrogen and oxygen atoms in total. The van der Waals surface area contributed by atoms with Crippen molar-refractivity contribution in [1.29, 1.82) is 0 Å². The first-order valence-electron chi connectivity index (χ1n) is 11.7. The van der Waals surface area contributed by atoms with Gasteiger partial charge in [-0.3, -0.25) is 9.59 Å². The van der Waals surface area contributed by atoms with Gasteiger partial charge >= 0.3 is 0 Å². The van der Waals surface area contributed by atoms with E-state index in [2.05, 4.69) is 0 Å². The molecule has 5 aliphatic rings. The molecule has 0 spiro atoms. The van der Waals surface area contributed by atoms with Crippen LogP contribution in [-0.2, 0) is 19.1 Å². The van der Waals surface area contributed by atoms with E-state index in [4.69, 9.17) is 21.1 Å². The Bertz CT molecular complexity index is 875. The molecule has 2 N–H and O–H groups in total. The molecule has 0 aromatic rings. The van der Waals surface area contributed by atoms with E-state index in [9.17, 15) is 19.8 Å². The van der Waals surface area contributed by atoms with Crippen molar-refractivity contribution in [3.63, 3.8) is 0 Å². The quantitative estimate of drug-likeness (QED) is 0.473. The number of rotatable bonds is 5. The van der Waals surface area contributed by atoms with Gasteiger partial charge in [0.2, 0.25) is 0 Å². The summed E-state index contributed by atoms with van der Waals surface area (Å²) in [6.07, 6.45) is 1.20. The van der Waals surface area contributed by atoms with Crippen LogP contribution in [0, 0.1) is 22.7 Å². The molecular formula is C24H32ClFO6. The second-order valence-corrected chi connectivity index (χ2v) is 11.2. The molecule has 4 fully saturated rings. The second-order valence-electron chi connectivity index (χ2n) is 11.0. The molecule has 0 radical (unpaired) electrons. The molecule has 1 aliphatic heterocycles. The van der Waals surface area contributed by atoms with Crippen LogP contribution < -0.4 is 0 Å². The van der Waals surface area contributed by atoms with Crippen molar-refractivity contribution in [2.24, 2.45) is 22.7 Å². The number of fused-ring (bicyclic) bond motifs is 5. The number of Topliss-reactive ketones (excluding diaryl/α,β-unsaturated/α-hetero) is 1. The first kappa shape index (κ1) is 22.9. The van der Waals surface area contributed by atoms with E-state index in [1.54, 1.807) is 13.0 Å². The van der Waals surface area contributed by atoms with Crippen LogP contribution >= 0.6 is 11.6 Å². The van der Waals surface area contributed by atoms with Gasteiger partial charge in [0, 0.05) is 23.2 Å². The smallest absolute Gasteiger partial charge is 0.182 e. The Labute approximate surface area is 192 Å². The predicted molar refractivity (Wildman–Crippen MR) is 114 cm³/mol. The second kappa shape index (κ2) is 7.32. The Kier molecular flexibility index (Phi) is 5.24. The number of aliphatic hydroxyl groups excluding tert-OH is 1. The van der Waals surface area contributed by atoms with Crippen molar-refractivity contribution >= 4 is 23.2 Å². The van der Waals surface area contributed by atoms with Crippen LogP contribution in [-0.4, -0.2) is 70.5 Å². The van der Waals surface area contributed by atoms with Gasteiger partial charge in [0.15, 0.2) is 17.2 Å². The molecule has 4 aliphatic carbocycles. The summed E-state index contributed by atoms with van der Waals surface area (Å²) < 4.78 is 28.4. The van der Waals surface area contributed by atoms with Crippen molar-refractivity contribution in [1.82, 2.24) is 0 Å². The van der Waals surface area contributed by atoms with Gasteiger partial charge in [-0.1, -0.05) is 19.4 Å². The summed E-state index contributed by atoms with van der Waals surface area (Å²) in [4.78, 5) is 25.1. The zero-order valence-electron chi connectivity index (χ0n) is 18.6. The Hall–Kier alpha value is -0.860. The Morgan fingerprint density at radius 1 is 1.34 bits per heavy atom. The standard InChI is InChI=1S/C24H32ClFO6/c1-21-6-5-14(27)7-13(21)3-4-16-17-8-20(32-12-15-11-31-15)24(30,19(29)10-25)22(17,2)9-18(28)23(16,21)26/h7,15-18,20,28,30H,3-6,8-12H2,1-2H3/t15?,16-,17-,18?,20?,21-,22-,23-,24+/m0/s1. The molecule has 0 aromatic heterocycles. The molecule has 178 valence electrons. The van der Waals surface area contributed by atoms with Crippen molar-refractivity contribution in [3.8, 4) is 0 Å². The Morgan fingerprint density at radius 3 is 2.72 bits per heavy atom. The normalized spacial score (nSPS) is 52.0. The summed E-state index contributed by atoms with van der Waals surface area (Å²) in [6, 6.07) is 0. The fourth-order valence-corrected chi connectivity index (χ4v) is 7.94. The number of allylic oxidation sites excluding steroid dienone is 1. The minimum absolute atomic E-state index is 0.00775. The van der Waals surface area contributed by atoms with Crippen LogP contribution in [0.3, 0.4) is 0 Å². The van der Waals surface area contributed by atoms with Gasteiger partial charge in [-0.05, 0) is 44.1 Å². The van der Waals surface area contributed by atoms with E-state index >= 15 is 4.39 Å². The van der Waals surface area contributed by atoms with Crippen LogP contribution in [0.1, 0.15) is 52.4 Å². The highest BCUT2D eigenvalue weighted by molar-refractivity contribution is 6.29. The van der Waals surface area contributed by atoms with E-state index in [-0.39, 0.29) is 43.1 Å². The molecule has 32 heavy (non-hydrogen) atoms. The third-order valence-corrected chi connectivity index (χ3v) is 9.91. The van der Waals surface area contributed by atoms with Crippen LogP contribution in [0.25, 0.3) is 0 Å². The Balaban J connectivity index is 1.56. The molecule has 0 aromatic carbocycles. The maximum absolute atomic E-state index is 17.2. The van der Waals surface area contributed by atoms with Gasteiger partial charge in [0.05, 0.1) is 31.3 Å². The maximum atomic E-state index is 17.2. The molecule has 0 amide bonds. The lowest BCUT2D eigenvalue weighted by molar-refractivity contribution is -0.230. The maximum Gasteiger partial charge on any atom is 0.182 e. The molecule has 3 unspecified atom stereocenters. The summed E-state index contributed by atoms with van der Waals surface area (Å²) in [6.45, 7) is 4.44. The van der Waals surface area contributed by atoms with Crippen molar-refractivity contribution in [2.45, 2.75) is 82.0 Å². The Morgan fingerprint density at radius 2 is 2.06 bits per heavy atom. The number of hydrogen-bond donors (Lipinski definition) is 2. The molecule has 1 heterocycles. The first-order chi connectivity index (χ1) is 15.0. The van der Waals surface area contributed by atoms with Gasteiger partial charge < -0.3 is 19.7 Å². The molecule has 1 saturated heterocycles. The van der Waals surface area contributed by atoms with Crippen LogP contribution in [0.15, 0.2) is 11.6 Å². The van der Waals surface area contributed by atoms with E-state index in [1.165, 1.54) is 0 Å². The van der Waals surface area contributed by atoms with E-state index in [1.807, 2.05) is 6.92 Å². The third-order valence-electron chi connectivity index (χ3n) is 9.67. The lowest BCUT2D eigenvalue weighted by Crippen LogP contribution is -2.70. The first-order valence-corrected chi connectivity index (χ1v) is 12.2. The summed E-state index contributed by atoms with van der Waals surface area (Å²) in [7, 11) is 0. The highest BCUT2D eigenvalue weighted by atomic mass is 35.5. The van der Waals surface area contributed by atoms with Crippen LogP contribution in [0.5, 0.6) is 0 Å². The zero-order chi connectivity index (χ0) is 23.1. The average Bonchev–Trinajstić information content (AvgIpc) is 3.55. The number of alkyl halides is 2. The number of carbonyl (C=O) groups excluding carboxylic acids is 2. The molecule has 0 bridgehead atoms. The lowest BCUT2D eigenvalue weighted by Gasteiger charge is -2.63. The number of epoxide rings is 1. The van der Waals surface area contributed by atoms with Gasteiger partial charge in [0.1, 0.15) is 11.8 Å². The monoisotopic (exact) mass is 470 g/mol. The minimum Gasteiger partial charge on any atom is -0.390 e. The van der Waals surface area contributed by atoms with Crippen molar-refractivity contribution in [3.05, 3.63) is 11.6 Å². The number of hydrogen-bond acceptors (Lipinski definition) is 6. The number of ether oxygens (including phenoxy) is 2. The molecular weight excluding hydrogens is 439 g/mol. The highest BCUT2D eigenvalue weighted by Gasteiger charge is 2.76. The predicted octanol–water partition coefficient (Wildman–Crippen LogP) is 2.51. The molecule has 3 saturated carbocycles. The van der Waals surface area contributed by atoms with Gasteiger partial charge in [-0.2, -0.15) is 0 Å². The van der Waals surface area contributed by atoms with Crippen LogP contribution in [0.2, 0.25) is 0 Å². The molecule has 9 atom stereocenters. The summed E-state index contributed by atoms with van der Waals surface area (Å²) >= 11 is 5.92. The van der Waals surface area contributed by atoms with Gasteiger partial charge in [0.25, 0.3) is 0 Å². The third kappa shape index (κ3) is 2.78. The molecule has 8 heteroatoms. The fourth-order valence-electron chi connectivity index (χ4n) is 7.74. The summed E-state index contributed by atoms with van der Waals surface area (Å²) in [5, 5.41) is 23.2. The SMILES string of the molecule is C[C@]12CCC(=O)C=C1CC[C@H]1[C@@H]3CC(OCC4CO4)[C@](O)(C(=O)CCl)[C@@]3(C)CC(O)[C@@]12F. The van der Waals surface area contributed by atoms with Gasteiger partial charge in [-0.15, -0.1) is 11.6 Å². The average molecular weight is 471 g/mol. The highest BCUT2D eigenvalue weighted by Crippen LogP contribution is 2.70.